The van der Waals surface area contributed by atoms with Gasteiger partial charge in [0, 0.05) is 93.1 Å². The van der Waals surface area contributed by atoms with Gasteiger partial charge in [0.15, 0.2) is 11.6 Å². The second-order valence-electron chi connectivity index (χ2n) is 32.0. The molecule has 3 saturated heterocycles. The van der Waals surface area contributed by atoms with Crippen LogP contribution >= 0.6 is 11.6 Å². The molecule has 3 N–H and O–H groups in total. The number of esters is 1. The van der Waals surface area contributed by atoms with Gasteiger partial charge in [-0.2, -0.15) is 23.1 Å². The van der Waals surface area contributed by atoms with Crippen LogP contribution in [0.1, 0.15) is 182 Å². The summed E-state index contributed by atoms with van der Waals surface area (Å²) in [6.45, 7) is 14.6. The zero-order chi connectivity index (χ0) is 80.9. The van der Waals surface area contributed by atoms with Crippen LogP contribution in [0.4, 0.5) is 18.9 Å². The number of methoxy groups -OCH3 is 1. The van der Waals surface area contributed by atoms with E-state index in [4.69, 9.17) is 44.8 Å². The van der Waals surface area contributed by atoms with E-state index in [1.54, 1.807) is 56.6 Å². The number of nitrogens with one attached hydrogen (secondary N) is 3. The van der Waals surface area contributed by atoms with Gasteiger partial charge < -0.3 is 38.8 Å². The predicted octanol–water partition coefficient (Wildman–Crippen LogP) is 16.8. The maximum atomic E-state index is 14.5. The van der Waals surface area contributed by atoms with Gasteiger partial charge in [-0.1, -0.05) is 186 Å². The van der Waals surface area contributed by atoms with Crippen molar-refractivity contribution in [2.45, 2.75) is 162 Å². The van der Waals surface area contributed by atoms with Crippen molar-refractivity contribution in [2.24, 2.45) is 0 Å². The Bertz CT molecular complexity index is 5030. The number of rotatable bonds is 26. The number of piperidine rings is 2. The van der Waals surface area contributed by atoms with Crippen LogP contribution in [-0.2, 0) is 49.7 Å². The number of anilines is 1. The molecule has 7 heterocycles. The van der Waals surface area contributed by atoms with Gasteiger partial charge in [-0.3, -0.25) is 14.7 Å². The minimum Gasteiger partial charge on any atom is -0.496 e. The number of pyridine rings is 1. The lowest BCUT2D eigenvalue weighted by Gasteiger charge is -2.39. The second kappa shape index (κ2) is 37.5. The van der Waals surface area contributed by atoms with Crippen LogP contribution in [0.15, 0.2) is 226 Å². The van der Waals surface area contributed by atoms with Crippen LogP contribution in [-0.4, -0.2) is 157 Å². The standard InChI is InChI=1S/C41H43F3N4O3.C27H33ClN4O2.C24H28N4O3S/c1-28-35(40(49)50-27-26-47-22-24-48(25-23-47)38(29-12-4-2-5-13-29)30-14-6-3-7-15-30)36(32-18-10-11-19-33(32)41(42,43)44)37-34(46-28)20-21-45-39(37)51-31-16-8-9-17-31;1-33-24-6-3-2-5-23(24)20-11-16-32(17-12-20)18-15-29-19-25-30-26(31-34-25)27(13-4-14-27)21-7-9-22(28)10-8-21;1-18-7-9-19(10-8-18)24(13-14-24)23-25-22(31-26-23)17-28-15-11-20(12-16-28)27-32(29,30)21-5-3-2-4-6-21/h2-7,10-15,18-21,31,36,38,46H,8-9,16-17,22-27H2,1H3;2-3,5-10,20,29H,4,11-19H2,1H3;2-10,20,27H,11-17H2,1H3/t36-;;/m0../s1. The number of piperazine rings is 1. The molecule has 0 unspecified atom stereocenters. The Hall–Kier alpha value is -9.63. The van der Waals surface area contributed by atoms with Crippen molar-refractivity contribution in [1.29, 1.82) is 0 Å². The third-order valence-electron chi connectivity index (χ3n) is 24.4. The number of carbonyl (C=O) groups is 1. The van der Waals surface area contributed by atoms with E-state index in [0.717, 1.165) is 158 Å². The van der Waals surface area contributed by atoms with Crippen LogP contribution < -0.4 is 24.8 Å². The van der Waals surface area contributed by atoms with E-state index in [1.165, 1.54) is 64.8 Å². The molecule has 0 bridgehead atoms. The van der Waals surface area contributed by atoms with Crippen LogP contribution in [0, 0.1) is 6.92 Å². The fourth-order valence-electron chi connectivity index (χ4n) is 17.6. The minimum absolute atomic E-state index is 0.0363. The lowest BCUT2D eigenvalue weighted by molar-refractivity contribution is -0.141. The molecule has 20 nitrogen and oxygen atoms in total. The number of aromatic nitrogens is 5. The lowest BCUT2D eigenvalue weighted by Crippen LogP contribution is -2.48. The molecule has 10 aromatic rings. The number of para-hydroxylation sites is 1. The van der Waals surface area contributed by atoms with E-state index in [0.29, 0.717) is 59.2 Å². The Labute approximate surface area is 689 Å². The van der Waals surface area contributed by atoms with Crippen LogP contribution in [0.3, 0.4) is 0 Å². The normalized spacial score (nSPS) is 18.8. The molecule has 3 aromatic heterocycles. The molecule has 117 heavy (non-hydrogen) atoms. The summed E-state index contributed by atoms with van der Waals surface area (Å²) in [7, 11) is -1.72. The number of hydrogen-bond donors (Lipinski definition) is 3. The SMILES string of the molecule is CC1=C(C(=O)OCCN2CCN(C(c3ccccc3)c3ccccc3)CC2)[C@H](c2ccccc2C(F)(F)F)c2c(ccnc2OC2CCCC2)N1.COc1ccccc1C1CCN(CCNCc2nc(C3(c4ccc(Cl)cc4)CCC3)no2)CC1.Cc1ccc(C2(c3noc(CN4CCC(NS(=O)(=O)c5ccccc5)CC4)n3)CC2)cc1. The molecule has 3 saturated carbocycles. The Morgan fingerprint density at radius 1 is 0.632 bits per heavy atom. The van der Waals surface area contributed by atoms with Crippen molar-refractivity contribution in [1.82, 2.24) is 54.9 Å². The summed E-state index contributed by atoms with van der Waals surface area (Å²) in [6, 6.07) is 61.8. The van der Waals surface area contributed by atoms with Gasteiger partial charge >= 0.3 is 12.1 Å². The molecule has 25 heteroatoms. The number of sulfonamides is 1. The Kier molecular flexibility index (Phi) is 26.5. The van der Waals surface area contributed by atoms with E-state index in [9.17, 15) is 26.4 Å². The highest BCUT2D eigenvalue weighted by Crippen LogP contribution is 2.53. The molecule has 4 aliphatic heterocycles. The number of nitrogens with zero attached hydrogens (tertiary/aromatic N) is 9. The van der Waals surface area contributed by atoms with Crippen molar-refractivity contribution in [3.63, 3.8) is 0 Å². The molecule has 7 aromatic carbocycles. The van der Waals surface area contributed by atoms with Crippen molar-refractivity contribution in [3.05, 3.63) is 290 Å². The van der Waals surface area contributed by atoms with Crippen LogP contribution in [0.5, 0.6) is 11.6 Å². The fraction of sp³-hybridized carbons (Fsp3) is 0.413. The number of allylic oxidation sites excluding steroid dienone is 1. The molecule has 0 spiro atoms. The van der Waals surface area contributed by atoms with Gasteiger partial charge in [0.25, 0.3) is 0 Å². The maximum Gasteiger partial charge on any atom is 0.416 e. The Balaban J connectivity index is 0.000000143. The number of carbonyl (C=O) groups excluding carboxylic acids is 1. The summed E-state index contributed by atoms with van der Waals surface area (Å²) < 4.78 is 100. The number of aryl methyl sites for hydroxylation is 1. The summed E-state index contributed by atoms with van der Waals surface area (Å²) in [5.74, 6) is 2.96. The van der Waals surface area contributed by atoms with Gasteiger partial charge in [0.05, 0.1) is 59.0 Å². The fourth-order valence-corrected chi connectivity index (χ4v) is 19.1. The first-order chi connectivity index (χ1) is 56.9. The number of hydrogen-bond acceptors (Lipinski definition) is 19. The molecule has 3 aliphatic carbocycles. The third-order valence-corrected chi connectivity index (χ3v) is 26.2. The number of fused-ring (bicyclic) bond motifs is 1. The van der Waals surface area contributed by atoms with Crippen LogP contribution in [0.2, 0.25) is 5.02 Å². The lowest BCUT2D eigenvalue weighted by atomic mass is 9.64. The van der Waals surface area contributed by atoms with Crippen LogP contribution in [0.25, 0.3) is 0 Å². The summed E-state index contributed by atoms with van der Waals surface area (Å²) in [5, 5.41) is 16.1. The van der Waals surface area contributed by atoms with E-state index >= 15 is 0 Å². The quantitative estimate of drug-likeness (QED) is 0.0339. The topological polar surface area (TPSA) is 219 Å². The number of ether oxygens (including phenoxy) is 3. The predicted molar refractivity (Wildman–Crippen MR) is 444 cm³/mol. The second-order valence-corrected chi connectivity index (χ2v) is 34.1. The van der Waals surface area contributed by atoms with Crippen molar-refractivity contribution < 1.29 is 49.6 Å². The molecule has 7 aliphatic rings. The first-order valence-electron chi connectivity index (χ1n) is 41.3. The average molecular weight is 1630 g/mol. The van der Waals surface area contributed by atoms with E-state index in [2.05, 4.69) is 160 Å². The Morgan fingerprint density at radius 2 is 1.21 bits per heavy atom. The molecule has 1 atom stereocenters. The van der Waals surface area contributed by atoms with E-state index < -0.39 is 33.7 Å². The maximum absolute atomic E-state index is 14.5. The van der Waals surface area contributed by atoms with Gasteiger partial charge in [-0.05, 0) is 186 Å². The molecule has 614 valence electrons. The Morgan fingerprint density at radius 3 is 1.83 bits per heavy atom. The van der Waals surface area contributed by atoms with Gasteiger partial charge in [-0.15, -0.1) is 0 Å². The van der Waals surface area contributed by atoms with E-state index in [1.807, 2.05) is 36.4 Å². The molecule has 0 amide bonds. The smallest absolute Gasteiger partial charge is 0.416 e. The number of benzene rings is 7. The van der Waals surface area contributed by atoms with Gasteiger partial charge in [-0.25, -0.2) is 22.9 Å². The zero-order valence-corrected chi connectivity index (χ0v) is 68.3. The molecule has 17 rings (SSSR count). The highest BCUT2D eigenvalue weighted by molar-refractivity contribution is 7.89. The summed E-state index contributed by atoms with van der Waals surface area (Å²) in [6.07, 6.45) is 9.79. The first kappa shape index (κ1) is 82.5. The van der Waals surface area contributed by atoms with Crippen molar-refractivity contribution in [3.8, 4) is 11.6 Å². The average Bonchev–Trinajstić information content (AvgIpc) is 1.58. The third kappa shape index (κ3) is 19.7. The molecular weight excluding hydrogens is 1530 g/mol. The largest absolute Gasteiger partial charge is 0.496 e. The molecule has 0 radical (unpaired) electrons. The summed E-state index contributed by atoms with van der Waals surface area (Å²) in [4.78, 5) is 37.8. The van der Waals surface area contributed by atoms with Gasteiger partial charge in [0.1, 0.15) is 18.5 Å². The van der Waals surface area contributed by atoms with E-state index in [-0.39, 0.29) is 52.6 Å². The number of alkyl halides is 3. The molecule has 6 fully saturated rings. The highest BCUT2D eigenvalue weighted by Gasteiger charge is 2.51. The molecular formula is C92H104ClF3N12O8S. The minimum atomic E-state index is -4.64. The van der Waals surface area contributed by atoms with Crippen molar-refractivity contribution in [2.75, 3.05) is 91.0 Å². The van der Waals surface area contributed by atoms with Gasteiger partial charge in [0.2, 0.25) is 27.7 Å². The zero-order valence-electron chi connectivity index (χ0n) is 66.7. The number of halogens is 4. The monoisotopic (exact) mass is 1630 g/mol. The number of likely N-dealkylation sites (tertiary alicyclic amines) is 2. The highest BCUT2D eigenvalue weighted by atomic mass is 35.5. The summed E-state index contributed by atoms with van der Waals surface area (Å²) >= 11 is 6.08. The first-order valence-corrected chi connectivity index (χ1v) is 43.1. The summed E-state index contributed by atoms with van der Waals surface area (Å²) in [5.41, 5.74) is 8.03. The van der Waals surface area contributed by atoms with Crippen molar-refractivity contribution >= 4 is 33.3 Å².